The lowest BCUT2D eigenvalue weighted by Gasteiger charge is -2.28. The highest BCUT2D eigenvalue weighted by Gasteiger charge is 2.32. The van der Waals surface area contributed by atoms with E-state index in [4.69, 9.17) is 13.7 Å². The average molecular weight is 483 g/mol. The second kappa shape index (κ2) is 12.1. The van der Waals surface area contributed by atoms with E-state index < -0.39 is 23.4 Å². The molecular weight excluding hydrogens is 447 g/mol. The van der Waals surface area contributed by atoms with Crippen molar-refractivity contribution in [2.24, 2.45) is 0 Å². The zero-order valence-corrected chi connectivity index (χ0v) is 21.3. The van der Waals surface area contributed by atoms with Crippen LogP contribution in [0.25, 0.3) is 0 Å². The number of aryl methyl sites for hydroxylation is 1. The Kier molecular flexibility index (Phi) is 10.1. The summed E-state index contributed by atoms with van der Waals surface area (Å²) in [7, 11) is -6.56. The number of ether oxygens (including phenoxy) is 2. The Balaban J connectivity index is 2.06. The summed E-state index contributed by atoms with van der Waals surface area (Å²) in [4.78, 5) is 0.0853. The fraction of sp³-hybridized carbons (Fsp3) is 0.500. The molecule has 2 rings (SSSR count). The van der Waals surface area contributed by atoms with E-state index in [2.05, 4.69) is 0 Å². The Hall–Kier alpha value is -1.50. The summed E-state index contributed by atoms with van der Waals surface area (Å²) in [6.45, 7) is 9.82. The van der Waals surface area contributed by atoms with Gasteiger partial charge in [-0.25, -0.2) is 0 Å². The normalized spacial score (nSPS) is 13.6. The first kappa shape index (κ1) is 26.7. The van der Waals surface area contributed by atoms with Crippen molar-refractivity contribution in [3.8, 4) is 0 Å². The summed E-state index contributed by atoms with van der Waals surface area (Å²) in [6.07, 6.45) is -0.625. The second-order valence-corrected chi connectivity index (χ2v) is 14.2. The number of hydrogen-bond acceptors (Lipinski definition) is 6. The van der Waals surface area contributed by atoms with Gasteiger partial charge >= 0.3 is 0 Å². The van der Waals surface area contributed by atoms with Gasteiger partial charge in [-0.3, -0.25) is 4.18 Å². The number of rotatable bonds is 13. The summed E-state index contributed by atoms with van der Waals surface area (Å²) >= 11 is 0. The highest BCUT2D eigenvalue weighted by atomic mass is 32.2. The highest BCUT2D eigenvalue weighted by molar-refractivity contribution is 7.86. The molecule has 0 fully saturated rings. The summed E-state index contributed by atoms with van der Waals surface area (Å²) in [6, 6.07) is 16.1. The molecule has 178 valence electrons. The molecule has 2 aromatic carbocycles. The van der Waals surface area contributed by atoms with Crippen LogP contribution in [0.3, 0.4) is 0 Å². The molecule has 0 aliphatic rings. The van der Waals surface area contributed by atoms with Crippen molar-refractivity contribution in [2.45, 2.75) is 63.5 Å². The van der Waals surface area contributed by atoms with Gasteiger partial charge in [0.05, 0.1) is 24.7 Å². The highest BCUT2D eigenvalue weighted by Crippen LogP contribution is 2.54. The molecule has 0 N–H and O–H groups in total. The summed E-state index contributed by atoms with van der Waals surface area (Å²) in [5, 5.41) is 0. The molecular formula is C24H35O6PS. The second-order valence-electron chi connectivity index (χ2n) is 8.51. The lowest BCUT2D eigenvalue weighted by atomic mass is 10.2. The third-order valence-electron chi connectivity index (χ3n) is 5.39. The largest absolute Gasteiger partial charge is 0.374 e. The molecule has 0 saturated carbocycles. The van der Waals surface area contributed by atoms with Gasteiger partial charge in [0.1, 0.15) is 19.6 Å². The zero-order valence-electron chi connectivity index (χ0n) is 19.6. The topological polar surface area (TPSA) is 78.9 Å². The predicted molar refractivity (Wildman–Crippen MR) is 128 cm³/mol. The molecule has 0 spiro atoms. The van der Waals surface area contributed by atoms with Crippen molar-refractivity contribution < 1.29 is 26.6 Å². The summed E-state index contributed by atoms with van der Waals surface area (Å²) in [5.74, 6) is 0. The fourth-order valence-electron chi connectivity index (χ4n) is 3.08. The van der Waals surface area contributed by atoms with Crippen LogP contribution < -0.4 is 0 Å². The van der Waals surface area contributed by atoms with Crippen molar-refractivity contribution in [1.82, 2.24) is 0 Å². The van der Waals surface area contributed by atoms with Crippen molar-refractivity contribution in [3.05, 3.63) is 65.7 Å². The van der Waals surface area contributed by atoms with Gasteiger partial charge in [0, 0.05) is 11.3 Å². The van der Waals surface area contributed by atoms with E-state index in [9.17, 15) is 13.0 Å². The third kappa shape index (κ3) is 7.82. The Labute approximate surface area is 192 Å². The molecule has 32 heavy (non-hydrogen) atoms. The van der Waals surface area contributed by atoms with E-state index in [0.29, 0.717) is 6.61 Å². The van der Waals surface area contributed by atoms with Crippen LogP contribution in [-0.2, 0) is 34.9 Å². The monoisotopic (exact) mass is 482 g/mol. The third-order valence-corrected chi connectivity index (χ3v) is 10.7. The van der Waals surface area contributed by atoms with Gasteiger partial charge in [-0.15, -0.1) is 0 Å². The van der Waals surface area contributed by atoms with Crippen LogP contribution in [0.1, 0.15) is 38.8 Å². The fourth-order valence-corrected chi connectivity index (χ4v) is 6.25. The average Bonchev–Trinajstić information content (AvgIpc) is 2.75. The molecule has 0 unspecified atom stereocenters. The molecule has 0 heterocycles. The van der Waals surface area contributed by atoms with E-state index in [1.807, 2.05) is 65.0 Å². The summed E-state index contributed by atoms with van der Waals surface area (Å²) < 4.78 is 55.5. The van der Waals surface area contributed by atoms with Gasteiger partial charge < -0.3 is 14.0 Å². The van der Waals surface area contributed by atoms with E-state index >= 15 is 0 Å². The molecule has 0 aliphatic carbocycles. The van der Waals surface area contributed by atoms with Crippen LogP contribution >= 0.6 is 7.14 Å². The van der Waals surface area contributed by atoms with E-state index in [0.717, 1.165) is 11.1 Å². The van der Waals surface area contributed by atoms with Crippen LogP contribution in [0, 0.1) is 6.92 Å². The van der Waals surface area contributed by atoms with Crippen LogP contribution in [-0.4, -0.2) is 45.4 Å². The summed E-state index contributed by atoms with van der Waals surface area (Å²) in [5.41, 5.74) is 1.88. The van der Waals surface area contributed by atoms with Gasteiger partial charge in [0.15, 0.2) is 0 Å². The first-order valence-electron chi connectivity index (χ1n) is 10.8. The maximum absolute atomic E-state index is 13.3. The van der Waals surface area contributed by atoms with Crippen LogP contribution in [0.15, 0.2) is 59.5 Å². The molecule has 0 bridgehead atoms. The van der Waals surface area contributed by atoms with E-state index in [1.54, 1.807) is 12.1 Å². The molecule has 6 nitrogen and oxygen atoms in total. The van der Waals surface area contributed by atoms with Crippen molar-refractivity contribution >= 4 is 17.3 Å². The maximum Gasteiger partial charge on any atom is 0.297 e. The van der Waals surface area contributed by atoms with Crippen molar-refractivity contribution in [3.63, 3.8) is 0 Å². The zero-order chi connectivity index (χ0) is 23.8. The molecule has 1 atom stereocenters. The van der Waals surface area contributed by atoms with Gasteiger partial charge in [-0.1, -0.05) is 75.7 Å². The lowest BCUT2D eigenvalue weighted by molar-refractivity contribution is -0.0262. The minimum atomic E-state index is -3.94. The van der Waals surface area contributed by atoms with E-state index in [1.165, 1.54) is 12.1 Å². The van der Waals surface area contributed by atoms with Crippen molar-refractivity contribution in [2.75, 3.05) is 19.6 Å². The smallest absolute Gasteiger partial charge is 0.297 e. The predicted octanol–water partition coefficient (Wildman–Crippen LogP) is 5.44. The Morgan fingerprint density at radius 2 is 1.47 bits per heavy atom. The van der Waals surface area contributed by atoms with Crippen LogP contribution in [0.2, 0.25) is 0 Å². The first-order chi connectivity index (χ1) is 15.0. The molecule has 2 aromatic rings. The maximum atomic E-state index is 13.3. The van der Waals surface area contributed by atoms with Gasteiger partial charge in [-0.2, -0.15) is 8.42 Å². The Morgan fingerprint density at radius 1 is 0.875 bits per heavy atom. The van der Waals surface area contributed by atoms with Crippen molar-refractivity contribution in [1.29, 1.82) is 0 Å². The number of benzene rings is 2. The molecule has 0 aliphatic heterocycles. The standard InChI is InChI=1S/C24H35O6PS/c1-19(2)31(25,20(3)4)18-29-23(16-28-15-22-9-7-6-8-10-22)17-30-32(26,27)24-13-11-21(5)12-14-24/h6-14,19-20,23H,15-18H2,1-5H3/t23-/m0/s1. The molecule has 0 saturated heterocycles. The molecule has 8 heteroatoms. The van der Waals surface area contributed by atoms with Gasteiger partial charge in [-0.05, 0) is 24.6 Å². The minimum Gasteiger partial charge on any atom is -0.374 e. The Morgan fingerprint density at radius 3 is 2.03 bits per heavy atom. The Bertz CT molecular complexity index is 959. The quantitative estimate of drug-likeness (QED) is 0.279. The van der Waals surface area contributed by atoms with E-state index in [-0.39, 0.29) is 35.8 Å². The SMILES string of the molecule is Cc1ccc(S(=O)(=O)OC[C@H](COCc2ccccc2)OCP(=O)(C(C)C)C(C)C)cc1. The van der Waals surface area contributed by atoms with Crippen LogP contribution in [0.5, 0.6) is 0 Å². The first-order valence-corrected chi connectivity index (χ1v) is 14.3. The van der Waals surface area contributed by atoms with Crippen LogP contribution in [0.4, 0.5) is 0 Å². The minimum absolute atomic E-state index is 0.0365. The number of hydrogen-bond donors (Lipinski definition) is 0. The lowest BCUT2D eigenvalue weighted by Crippen LogP contribution is -2.29. The van der Waals surface area contributed by atoms with Gasteiger partial charge in [0.25, 0.3) is 10.1 Å². The molecule has 0 radical (unpaired) electrons. The molecule has 0 aromatic heterocycles. The molecule has 0 amide bonds. The van der Waals surface area contributed by atoms with Gasteiger partial charge in [0.2, 0.25) is 0 Å².